The van der Waals surface area contributed by atoms with Crippen LogP contribution in [0.3, 0.4) is 0 Å². The number of benzene rings is 9. The van der Waals surface area contributed by atoms with Gasteiger partial charge >= 0.3 is 0 Å². The minimum atomic E-state index is 0.0829. The molecule has 10 aromatic rings. The molecule has 1 heteroatoms. The van der Waals surface area contributed by atoms with Crippen LogP contribution in [0.4, 0.5) is 0 Å². The molecule has 1 heterocycles. The molecule has 0 spiro atoms. The number of hydrogen-bond acceptors (Lipinski definition) is 0. The van der Waals surface area contributed by atoms with Gasteiger partial charge in [-0.2, -0.15) is 0 Å². The Labute approximate surface area is 315 Å². The van der Waals surface area contributed by atoms with Gasteiger partial charge in [0, 0.05) is 22.4 Å². The van der Waals surface area contributed by atoms with Crippen molar-refractivity contribution in [2.45, 2.75) is 5.92 Å². The number of hydrogen-bond donors (Lipinski definition) is 0. The standard InChI is InChI=1S/C53H35N/c1-4-16-35(17-5-1)41-31-42(36-18-6-2-7-19-36)33-43(32-41)54-49-27-15-14-26-46(49)51-47(40-29-28-37-20-10-11-23-39(37)30-40)34-48-44-24-12-13-25-45(44)50(52(48)53(51)54)38-21-8-3-9-22-38/h1-34,50H. The largest absolute Gasteiger partial charge is 0.309 e. The monoisotopic (exact) mass is 685 g/mol. The van der Waals surface area contributed by atoms with Gasteiger partial charge in [0.1, 0.15) is 0 Å². The fourth-order valence-corrected chi connectivity index (χ4v) is 9.03. The van der Waals surface area contributed by atoms with E-state index in [0.29, 0.717) is 0 Å². The summed E-state index contributed by atoms with van der Waals surface area (Å²) in [5.74, 6) is 0.0829. The third-order valence-electron chi connectivity index (χ3n) is 11.4. The Morgan fingerprint density at radius 1 is 0.370 bits per heavy atom. The van der Waals surface area contributed by atoms with E-state index in [2.05, 4.69) is 211 Å². The highest BCUT2D eigenvalue weighted by atomic mass is 15.0. The molecule has 9 aromatic carbocycles. The third kappa shape index (κ3) is 4.79. The third-order valence-corrected chi connectivity index (χ3v) is 11.4. The van der Waals surface area contributed by atoms with Crippen LogP contribution < -0.4 is 0 Å². The van der Waals surface area contributed by atoms with E-state index in [-0.39, 0.29) is 5.92 Å². The molecule has 1 aliphatic carbocycles. The van der Waals surface area contributed by atoms with Crippen molar-refractivity contribution in [3.63, 3.8) is 0 Å². The average Bonchev–Trinajstić information content (AvgIpc) is 3.77. The molecule has 54 heavy (non-hydrogen) atoms. The molecule has 252 valence electrons. The van der Waals surface area contributed by atoms with Crippen LogP contribution in [0.2, 0.25) is 0 Å². The minimum Gasteiger partial charge on any atom is -0.309 e. The van der Waals surface area contributed by atoms with Crippen LogP contribution in [0.15, 0.2) is 206 Å². The smallest absolute Gasteiger partial charge is 0.0595 e. The fourth-order valence-electron chi connectivity index (χ4n) is 9.03. The first-order valence-corrected chi connectivity index (χ1v) is 18.8. The summed E-state index contributed by atoms with van der Waals surface area (Å²) in [5, 5.41) is 5.05. The molecule has 11 rings (SSSR count). The Morgan fingerprint density at radius 3 is 1.72 bits per heavy atom. The zero-order valence-corrected chi connectivity index (χ0v) is 29.7. The quantitative estimate of drug-likeness (QED) is 0.170. The Bertz CT molecular complexity index is 2970. The molecule has 0 saturated carbocycles. The van der Waals surface area contributed by atoms with E-state index in [1.54, 1.807) is 0 Å². The lowest BCUT2D eigenvalue weighted by Gasteiger charge is -2.20. The van der Waals surface area contributed by atoms with Crippen LogP contribution in [0, 0.1) is 0 Å². The van der Waals surface area contributed by atoms with E-state index < -0.39 is 0 Å². The normalized spacial score (nSPS) is 13.4. The van der Waals surface area contributed by atoms with E-state index in [1.807, 2.05) is 0 Å². The average molecular weight is 686 g/mol. The summed E-state index contributed by atoms with van der Waals surface area (Å²) < 4.78 is 2.58. The molecule has 1 unspecified atom stereocenters. The van der Waals surface area contributed by atoms with Crippen molar-refractivity contribution >= 4 is 32.6 Å². The van der Waals surface area contributed by atoms with Gasteiger partial charge in [-0.3, -0.25) is 0 Å². The van der Waals surface area contributed by atoms with Crippen LogP contribution in [0.25, 0.3) is 82.8 Å². The predicted octanol–water partition coefficient (Wildman–Crippen LogP) is 14.1. The molecule has 1 atom stereocenters. The highest BCUT2D eigenvalue weighted by Crippen LogP contribution is 2.55. The van der Waals surface area contributed by atoms with Gasteiger partial charge in [-0.15, -0.1) is 0 Å². The van der Waals surface area contributed by atoms with E-state index in [1.165, 1.54) is 93.8 Å². The Morgan fingerprint density at radius 2 is 0.981 bits per heavy atom. The van der Waals surface area contributed by atoms with Gasteiger partial charge in [0.25, 0.3) is 0 Å². The van der Waals surface area contributed by atoms with Crippen molar-refractivity contribution in [2.75, 3.05) is 0 Å². The molecule has 0 fully saturated rings. The summed E-state index contributed by atoms with van der Waals surface area (Å²) in [4.78, 5) is 0. The van der Waals surface area contributed by atoms with Crippen LogP contribution in [-0.2, 0) is 0 Å². The maximum atomic E-state index is 2.58. The van der Waals surface area contributed by atoms with Crippen molar-refractivity contribution in [3.05, 3.63) is 223 Å². The summed E-state index contributed by atoms with van der Waals surface area (Å²) in [5.41, 5.74) is 17.6. The number of fused-ring (bicyclic) bond motifs is 8. The molecular weight excluding hydrogens is 651 g/mol. The van der Waals surface area contributed by atoms with Crippen molar-refractivity contribution in [1.82, 2.24) is 4.57 Å². The number of para-hydroxylation sites is 1. The number of aromatic nitrogens is 1. The minimum absolute atomic E-state index is 0.0829. The topological polar surface area (TPSA) is 4.93 Å². The second kappa shape index (κ2) is 12.3. The van der Waals surface area contributed by atoms with E-state index in [9.17, 15) is 0 Å². The molecular formula is C53H35N. The zero-order chi connectivity index (χ0) is 35.6. The first-order chi connectivity index (χ1) is 26.8. The van der Waals surface area contributed by atoms with Crippen LogP contribution in [0.1, 0.15) is 22.6 Å². The molecule has 1 nitrogen and oxygen atoms in total. The summed E-state index contributed by atoms with van der Waals surface area (Å²) in [6.07, 6.45) is 0. The van der Waals surface area contributed by atoms with E-state index in [4.69, 9.17) is 0 Å². The highest BCUT2D eigenvalue weighted by molar-refractivity contribution is 6.19. The summed E-state index contributed by atoms with van der Waals surface area (Å²) >= 11 is 0. The molecule has 0 amide bonds. The summed E-state index contributed by atoms with van der Waals surface area (Å²) in [7, 11) is 0. The van der Waals surface area contributed by atoms with Gasteiger partial charge in [-0.25, -0.2) is 0 Å². The molecule has 1 aromatic heterocycles. The van der Waals surface area contributed by atoms with Crippen LogP contribution in [-0.4, -0.2) is 4.57 Å². The molecule has 1 aliphatic rings. The predicted molar refractivity (Wildman–Crippen MR) is 227 cm³/mol. The van der Waals surface area contributed by atoms with Gasteiger partial charge in [0.2, 0.25) is 0 Å². The lowest BCUT2D eigenvalue weighted by Crippen LogP contribution is -2.04. The van der Waals surface area contributed by atoms with Crippen molar-refractivity contribution < 1.29 is 0 Å². The molecule has 0 N–H and O–H groups in total. The number of rotatable bonds is 5. The molecule has 0 bridgehead atoms. The highest BCUT2D eigenvalue weighted by Gasteiger charge is 2.35. The van der Waals surface area contributed by atoms with Gasteiger partial charge in [-0.1, -0.05) is 170 Å². The second-order valence-electron chi connectivity index (χ2n) is 14.5. The van der Waals surface area contributed by atoms with Gasteiger partial charge in [0.15, 0.2) is 0 Å². The van der Waals surface area contributed by atoms with Gasteiger partial charge < -0.3 is 4.57 Å². The second-order valence-corrected chi connectivity index (χ2v) is 14.5. The lowest BCUT2D eigenvalue weighted by molar-refractivity contribution is 1.01. The Balaban J connectivity index is 1.32. The Kier molecular flexibility index (Phi) is 7.00. The zero-order valence-electron chi connectivity index (χ0n) is 29.7. The summed E-state index contributed by atoms with van der Waals surface area (Å²) in [6.45, 7) is 0. The molecule has 0 aliphatic heterocycles. The maximum Gasteiger partial charge on any atom is 0.0595 e. The van der Waals surface area contributed by atoms with Gasteiger partial charge in [-0.05, 0) is 108 Å². The first kappa shape index (κ1) is 30.6. The van der Waals surface area contributed by atoms with Crippen LogP contribution >= 0.6 is 0 Å². The maximum absolute atomic E-state index is 2.58. The fraction of sp³-hybridized carbons (Fsp3) is 0.0189. The SMILES string of the molecule is c1ccc(-c2cc(-c3ccccc3)cc(-n3c4ccccc4c4c(-c5ccc6ccccc6c5)cc5c(c43)C(c3ccccc3)c3ccccc3-5)c2)cc1. The van der Waals surface area contributed by atoms with E-state index >= 15 is 0 Å². The Hall–Kier alpha value is -6.96. The van der Waals surface area contributed by atoms with Crippen molar-refractivity contribution in [1.29, 1.82) is 0 Å². The first-order valence-electron chi connectivity index (χ1n) is 18.8. The number of nitrogens with zero attached hydrogens (tertiary/aromatic N) is 1. The van der Waals surface area contributed by atoms with E-state index in [0.717, 1.165) is 5.69 Å². The van der Waals surface area contributed by atoms with Gasteiger partial charge in [0.05, 0.1) is 11.0 Å². The van der Waals surface area contributed by atoms with Crippen LogP contribution in [0.5, 0.6) is 0 Å². The lowest BCUT2D eigenvalue weighted by atomic mass is 9.86. The van der Waals surface area contributed by atoms with Crippen molar-refractivity contribution in [3.8, 4) is 50.2 Å². The van der Waals surface area contributed by atoms with Crippen molar-refractivity contribution in [2.24, 2.45) is 0 Å². The summed E-state index contributed by atoms with van der Waals surface area (Å²) in [6, 6.07) is 76.1. The molecule has 0 radical (unpaired) electrons. The molecule has 0 saturated heterocycles.